The number of fused-ring (bicyclic) bond motifs is 1. The fraction of sp³-hybridized carbons (Fsp3) is 0.429. The number of carbonyl (C=O) groups is 1. The van der Waals surface area contributed by atoms with Gasteiger partial charge >= 0.3 is 5.97 Å². The largest absolute Gasteiger partial charge is 0.465 e. The molecule has 0 saturated carbocycles. The molecule has 1 unspecified atom stereocenters. The van der Waals surface area contributed by atoms with Crippen LogP contribution in [0.5, 0.6) is 0 Å². The lowest BCUT2D eigenvalue weighted by Gasteiger charge is -2.19. The van der Waals surface area contributed by atoms with Gasteiger partial charge in [0.25, 0.3) is 0 Å². The number of pyridine rings is 1. The summed E-state index contributed by atoms with van der Waals surface area (Å²) in [6.07, 6.45) is 5.07. The zero-order valence-electron chi connectivity index (χ0n) is 11.7. The van der Waals surface area contributed by atoms with Gasteiger partial charge in [0.1, 0.15) is 5.65 Å². The van der Waals surface area contributed by atoms with E-state index in [0.717, 1.165) is 12.1 Å². The first kappa shape index (κ1) is 14.1. The van der Waals surface area contributed by atoms with E-state index in [9.17, 15) is 13.2 Å². The molecule has 2 aromatic heterocycles. The second-order valence-corrected chi connectivity index (χ2v) is 7.52. The van der Waals surface area contributed by atoms with Crippen molar-refractivity contribution >= 4 is 21.5 Å². The molecule has 1 saturated heterocycles. The van der Waals surface area contributed by atoms with E-state index >= 15 is 0 Å². The van der Waals surface area contributed by atoms with Gasteiger partial charge in [0.05, 0.1) is 29.9 Å². The second-order valence-electron chi connectivity index (χ2n) is 5.29. The molecule has 0 aromatic carbocycles. The number of sulfone groups is 1. The first-order chi connectivity index (χ1) is 9.98. The normalized spacial score (nSPS) is 21.3. The Morgan fingerprint density at radius 3 is 3.00 bits per heavy atom. The van der Waals surface area contributed by atoms with Crippen molar-refractivity contribution < 1.29 is 17.9 Å². The predicted molar refractivity (Wildman–Crippen MR) is 77.2 cm³/mol. The van der Waals surface area contributed by atoms with Crippen LogP contribution in [0.1, 0.15) is 34.8 Å². The van der Waals surface area contributed by atoms with Crippen molar-refractivity contribution in [3.8, 4) is 0 Å². The quantitative estimate of drug-likeness (QED) is 0.784. The van der Waals surface area contributed by atoms with Gasteiger partial charge in [-0.1, -0.05) is 0 Å². The smallest absolute Gasteiger partial charge is 0.338 e. The standard InChI is InChI=1S/C14H16N2O4S/c1-20-14(17)10-4-5-16-8-12(15-13(16)7-10)11-3-2-6-21(18,19)9-11/h4-5,7-8,11H,2-3,6,9H2,1H3. The molecule has 112 valence electrons. The highest BCUT2D eigenvalue weighted by atomic mass is 32.2. The topological polar surface area (TPSA) is 77.7 Å². The first-order valence-electron chi connectivity index (χ1n) is 6.76. The average molecular weight is 308 g/mol. The van der Waals surface area contributed by atoms with Crippen LogP contribution in [0.4, 0.5) is 0 Å². The Bertz CT molecular complexity index is 794. The van der Waals surface area contributed by atoms with Crippen LogP contribution in [0.2, 0.25) is 0 Å². The van der Waals surface area contributed by atoms with Crippen LogP contribution in [0.25, 0.3) is 5.65 Å². The van der Waals surface area contributed by atoms with Gasteiger partial charge < -0.3 is 9.14 Å². The van der Waals surface area contributed by atoms with Crippen molar-refractivity contribution in [3.63, 3.8) is 0 Å². The van der Waals surface area contributed by atoms with Gasteiger partial charge in [0, 0.05) is 18.3 Å². The minimum Gasteiger partial charge on any atom is -0.465 e. The fourth-order valence-electron chi connectivity index (χ4n) is 2.70. The molecule has 3 rings (SSSR count). The Labute approximate surface area is 122 Å². The minimum atomic E-state index is -2.97. The van der Waals surface area contributed by atoms with Crippen molar-refractivity contribution in [2.24, 2.45) is 0 Å². The SMILES string of the molecule is COC(=O)c1ccn2cc(C3CCCS(=O)(=O)C3)nc2c1. The Morgan fingerprint density at radius 1 is 1.48 bits per heavy atom. The average Bonchev–Trinajstić information content (AvgIpc) is 2.88. The molecule has 1 aliphatic rings. The predicted octanol–water partition coefficient (Wildman–Crippen LogP) is 1.41. The summed E-state index contributed by atoms with van der Waals surface area (Å²) in [7, 11) is -1.64. The molecule has 1 atom stereocenters. The van der Waals surface area contributed by atoms with E-state index in [1.807, 2.05) is 6.20 Å². The van der Waals surface area contributed by atoms with Crippen molar-refractivity contribution in [1.82, 2.24) is 9.38 Å². The number of aromatic nitrogens is 2. The number of hydrogen-bond acceptors (Lipinski definition) is 5. The summed E-state index contributed by atoms with van der Waals surface area (Å²) in [5.41, 5.74) is 1.81. The number of imidazole rings is 1. The van der Waals surface area contributed by atoms with Gasteiger partial charge in [0.2, 0.25) is 0 Å². The number of esters is 1. The van der Waals surface area contributed by atoms with Crippen LogP contribution in [-0.4, -0.2) is 42.4 Å². The van der Waals surface area contributed by atoms with E-state index in [-0.39, 0.29) is 17.4 Å². The zero-order valence-corrected chi connectivity index (χ0v) is 12.5. The third-order valence-electron chi connectivity index (χ3n) is 3.78. The lowest BCUT2D eigenvalue weighted by molar-refractivity contribution is 0.0600. The monoisotopic (exact) mass is 308 g/mol. The molecule has 1 fully saturated rings. The molecule has 0 spiro atoms. The van der Waals surface area contributed by atoms with E-state index in [1.165, 1.54) is 7.11 Å². The Balaban J connectivity index is 1.95. The maximum atomic E-state index is 11.7. The van der Waals surface area contributed by atoms with Crippen LogP contribution in [0.3, 0.4) is 0 Å². The van der Waals surface area contributed by atoms with Gasteiger partial charge in [-0.15, -0.1) is 0 Å². The van der Waals surface area contributed by atoms with Gasteiger partial charge in [0.15, 0.2) is 9.84 Å². The molecular weight excluding hydrogens is 292 g/mol. The van der Waals surface area contributed by atoms with Crippen LogP contribution in [0, 0.1) is 0 Å². The summed E-state index contributed by atoms with van der Waals surface area (Å²) in [5.74, 6) is -0.0584. The molecule has 0 amide bonds. The third-order valence-corrected chi connectivity index (χ3v) is 5.60. The van der Waals surface area contributed by atoms with E-state index < -0.39 is 15.8 Å². The molecular formula is C14H16N2O4S. The maximum absolute atomic E-state index is 11.7. The highest BCUT2D eigenvalue weighted by Gasteiger charge is 2.27. The highest BCUT2D eigenvalue weighted by molar-refractivity contribution is 7.91. The summed E-state index contributed by atoms with van der Waals surface area (Å²) in [4.78, 5) is 16.0. The van der Waals surface area contributed by atoms with Crippen LogP contribution in [0.15, 0.2) is 24.5 Å². The summed E-state index contributed by atoms with van der Waals surface area (Å²) in [6, 6.07) is 3.30. The lowest BCUT2D eigenvalue weighted by Crippen LogP contribution is -2.23. The first-order valence-corrected chi connectivity index (χ1v) is 8.58. The molecule has 1 aliphatic heterocycles. The minimum absolute atomic E-state index is 0.0646. The van der Waals surface area contributed by atoms with Crippen molar-refractivity contribution in [2.45, 2.75) is 18.8 Å². The Hall–Kier alpha value is -1.89. The summed E-state index contributed by atoms with van der Waals surface area (Å²) in [6.45, 7) is 0. The molecule has 21 heavy (non-hydrogen) atoms. The van der Waals surface area contributed by atoms with Gasteiger partial charge in [-0.2, -0.15) is 0 Å². The molecule has 6 nitrogen and oxygen atoms in total. The Morgan fingerprint density at radius 2 is 2.29 bits per heavy atom. The van der Waals surface area contributed by atoms with E-state index in [1.54, 1.807) is 22.7 Å². The van der Waals surface area contributed by atoms with Crippen molar-refractivity contribution in [2.75, 3.05) is 18.6 Å². The summed E-state index contributed by atoms with van der Waals surface area (Å²) >= 11 is 0. The molecule has 2 aromatic rings. The Kier molecular flexibility index (Phi) is 3.44. The number of ether oxygens (including phenoxy) is 1. The van der Waals surface area contributed by atoms with Crippen molar-refractivity contribution in [1.29, 1.82) is 0 Å². The molecule has 7 heteroatoms. The zero-order chi connectivity index (χ0) is 15.0. The molecule has 0 N–H and O–H groups in total. The van der Waals surface area contributed by atoms with Crippen LogP contribution >= 0.6 is 0 Å². The van der Waals surface area contributed by atoms with E-state index in [2.05, 4.69) is 9.72 Å². The molecule has 0 bridgehead atoms. The van der Waals surface area contributed by atoms with E-state index in [4.69, 9.17) is 0 Å². The van der Waals surface area contributed by atoms with Gasteiger partial charge in [-0.05, 0) is 25.0 Å². The number of methoxy groups -OCH3 is 1. The molecule has 0 radical (unpaired) electrons. The van der Waals surface area contributed by atoms with Gasteiger partial charge in [-0.25, -0.2) is 18.2 Å². The van der Waals surface area contributed by atoms with Crippen molar-refractivity contribution in [3.05, 3.63) is 35.8 Å². The number of rotatable bonds is 2. The molecule has 3 heterocycles. The molecule has 0 aliphatic carbocycles. The summed E-state index contributed by atoms with van der Waals surface area (Å²) in [5, 5.41) is 0. The third kappa shape index (κ3) is 2.78. The number of hydrogen-bond donors (Lipinski definition) is 0. The van der Waals surface area contributed by atoms with Gasteiger partial charge in [-0.3, -0.25) is 0 Å². The lowest BCUT2D eigenvalue weighted by atomic mass is 10.0. The summed E-state index contributed by atoms with van der Waals surface area (Å²) < 4.78 is 29.9. The fourth-order valence-corrected chi connectivity index (χ4v) is 4.42. The van der Waals surface area contributed by atoms with E-state index in [0.29, 0.717) is 17.6 Å². The van der Waals surface area contributed by atoms with Crippen LogP contribution in [-0.2, 0) is 14.6 Å². The maximum Gasteiger partial charge on any atom is 0.338 e. The van der Waals surface area contributed by atoms with Crippen LogP contribution < -0.4 is 0 Å². The highest BCUT2D eigenvalue weighted by Crippen LogP contribution is 2.28. The number of carbonyl (C=O) groups excluding carboxylic acids is 1. The second kappa shape index (κ2) is 5.14. The number of nitrogens with zero attached hydrogens (tertiary/aromatic N) is 2.